The summed E-state index contributed by atoms with van der Waals surface area (Å²) in [5.74, 6) is 0.471. The Kier molecular flexibility index (Phi) is 5.26. The highest BCUT2D eigenvalue weighted by atomic mass is 16.5. The molecule has 0 amide bonds. The van der Waals surface area contributed by atoms with Crippen LogP contribution in [0.15, 0.2) is 4.99 Å². The van der Waals surface area contributed by atoms with Crippen LogP contribution >= 0.6 is 0 Å². The molecule has 96 valence electrons. The quantitative estimate of drug-likeness (QED) is 0.572. The second-order valence-electron chi connectivity index (χ2n) is 6.19. The molecule has 0 aromatic heterocycles. The highest BCUT2D eigenvalue weighted by Crippen LogP contribution is 2.21. The van der Waals surface area contributed by atoms with Gasteiger partial charge in [0, 0.05) is 12.6 Å². The Labute approximate surface area is 99.7 Å². The Morgan fingerprint density at radius 3 is 2.06 bits per heavy atom. The molecule has 0 aliphatic carbocycles. The van der Waals surface area contributed by atoms with Gasteiger partial charge in [-0.05, 0) is 26.2 Å². The van der Waals surface area contributed by atoms with E-state index >= 15 is 0 Å². The van der Waals surface area contributed by atoms with Crippen molar-refractivity contribution >= 4 is 5.96 Å². The van der Waals surface area contributed by atoms with Crippen LogP contribution in [0.3, 0.4) is 0 Å². The van der Waals surface area contributed by atoms with Gasteiger partial charge in [-0.2, -0.15) is 0 Å². The standard InChI is InChI=1S/C12H27N3O/c1-11(2,3)9(16-7)8-14-10(13)15-12(4,5)6/h9H,8H2,1-7H3,(H3,13,14,15). The average Bonchev–Trinajstić information content (AvgIpc) is 1.98. The topological polar surface area (TPSA) is 59.6 Å². The molecule has 16 heavy (non-hydrogen) atoms. The number of methoxy groups -OCH3 is 1. The van der Waals surface area contributed by atoms with E-state index in [1.807, 2.05) is 20.8 Å². The minimum Gasteiger partial charge on any atom is -0.379 e. The molecule has 0 spiro atoms. The van der Waals surface area contributed by atoms with Gasteiger partial charge in [0.25, 0.3) is 0 Å². The first-order valence-corrected chi connectivity index (χ1v) is 5.67. The van der Waals surface area contributed by atoms with Gasteiger partial charge in [0.05, 0.1) is 12.6 Å². The van der Waals surface area contributed by atoms with Gasteiger partial charge in [0.1, 0.15) is 0 Å². The maximum absolute atomic E-state index is 5.79. The van der Waals surface area contributed by atoms with Crippen molar-refractivity contribution in [3.63, 3.8) is 0 Å². The van der Waals surface area contributed by atoms with Gasteiger partial charge in [0.15, 0.2) is 5.96 Å². The Morgan fingerprint density at radius 2 is 1.75 bits per heavy atom. The van der Waals surface area contributed by atoms with Gasteiger partial charge in [-0.25, -0.2) is 0 Å². The molecule has 0 rings (SSSR count). The van der Waals surface area contributed by atoms with Gasteiger partial charge in [0.2, 0.25) is 0 Å². The molecule has 0 saturated heterocycles. The fourth-order valence-electron chi connectivity index (χ4n) is 1.31. The summed E-state index contributed by atoms with van der Waals surface area (Å²) >= 11 is 0. The lowest BCUT2D eigenvalue weighted by Crippen LogP contribution is -2.45. The third-order valence-electron chi connectivity index (χ3n) is 2.18. The van der Waals surface area contributed by atoms with Crippen molar-refractivity contribution in [2.45, 2.75) is 53.2 Å². The Hall–Kier alpha value is -0.770. The minimum absolute atomic E-state index is 0.0577. The second kappa shape index (κ2) is 5.53. The molecule has 1 unspecified atom stereocenters. The van der Waals surface area contributed by atoms with Crippen molar-refractivity contribution < 1.29 is 4.74 Å². The van der Waals surface area contributed by atoms with E-state index in [1.54, 1.807) is 7.11 Å². The fourth-order valence-corrected chi connectivity index (χ4v) is 1.31. The van der Waals surface area contributed by atoms with Crippen molar-refractivity contribution in [3.8, 4) is 0 Å². The summed E-state index contributed by atoms with van der Waals surface area (Å²) in [4.78, 5) is 4.31. The summed E-state index contributed by atoms with van der Waals surface area (Å²) in [7, 11) is 1.71. The van der Waals surface area contributed by atoms with E-state index in [-0.39, 0.29) is 17.1 Å². The zero-order chi connectivity index (χ0) is 13.0. The largest absolute Gasteiger partial charge is 0.379 e. The van der Waals surface area contributed by atoms with Gasteiger partial charge in [-0.1, -0.05) is 20.8 Å². The molecule has 1 atom stereocenters. The zero-order valence-corrected chi connectivity index (χ0v) is 11.7. The lowest BCUT2D eigenvalue weighted by Gasteiger charge is -2.28. The molecule has 0 fully saturated rings. The molecule has 0 radical (unpaired) electrons. The van der Waals surface area contributed by atoms with Crippen LogP contribution in [0, 0.1) is 5.41 Å². The second-order valence-corrected chi connectivity index (χ2v) is 6.19. The number of nitrogens with one attached hydrogen (secondary N) is 1. The molecule has 0 bridgehead atoms. The first kappa shape index (κ1) is 15.2. The molecule has 4 nitrogen and oxygen atoms in total. The SMILES string of the molecule is COC(CN=C(N)NC(C)(C)C)C(C)(C)C. The maximum Gasteiger partial charge on any atom is 0.189 e. The molecular weight excluding hydrogens is 202 g/mol. The first-order chi connectivity index (χ1) is 7.06. The van der Waals surface area contributed by atoms with Crippen LogP contribution in [-0.2, 0) is 4.74 Å². The van der Waals surface area contributed by atoms with Crippen LogP contribution in [-0.4, -0.2) is 31.3 Å². The number of guanidine groups is 1. The Morgan fingerprint density at radius 1 is 1.25 bits per heavy atom. The van der Waals surface area contributed by atoms with Gasteiger partial charge in [-0.3, -0.25) is 4.99 Å². The highest BCUT2D eigenvalue weighted by molar-refractivity contribution is 5.78. The van der Waals surface area contributed by atoms with Gasteiger partial charge >= 0.3 is 0 Å². The summed E-state index contributed by atoms with van der Waals surface area (Å²) in [6.45, 7) is 13.1. The number of ether oxygens (including phenoxy) is 1. The third kappa shape index (κ3) is 6.67. The predicted octanol–water partition coefficient (Wildman–Crippen LogP) is 1.75. The van der Waals surface area contributed by atoms with Crippen LogP contribution in [0.1, 0.15) is 41.5 Å². The van der Waals surface area contributed by atoms with Crippen LogP contribution in [0.4, 0.5) is 0 Å². The first-order valence-electron chi connectivity index (χ1n) is 5.67. The van der Waals surface area contributed by atoms with E-state index in [0.717, 1.165) is 0 Å². The summed E-state index contributed by atoms with van der Waals surface area (Å²) in [5, 5.41) is 3.12. The van der Waals surface area contributed by atoms with Crippen LogP contribution in [0.5, 0.6) is 0 Å². The number of aliphatic imine (C=N–C) groups is 1. The van der Waals surface area contributed by atoms with Crippen LogP contribution in [0.25, 0.3) is 0 Å². The Balaban J connectivity index is 4.35. The lowest BCUT2D eigenvalue weighted by molar-refractivity contribution is 0.0241. The van der Waals surface area contributed by atoms with Crippen molar-refractivity contribution in [2.24, 2.45) is 16.1 Å². The van der Waals surface area contributed by atoms with E-state index in [2.05, 4.69) is 31.1 Å². The van der Waals surface area contributed by atoms with E-state index < -0.39 is 0 Å². The Bertz CT molecular complexity index is 236. The van der Waals surface area contributed by atoms with Crippen molar-refractivity contribution in [2.75, 3.05) is 13.7 Å². The van der Waals surface area contributed by atoms with E-state index in [4.69, 9.17) is 10.5 Å². The summed E-state index contributed by atoms with van der Waals surface area (Å²) in [6.07, 6.45) is 0.0767. The number of nitrogens with two attached hydrogens (primary N) is 1. The van der Waals surface area contributed by atoms with Gasteiger partial charge in [-0.15, -0.1) is 0 Å². The number of nitrogens with zero attached hydrogens (tertiary/aromatic N) is 1. The van der Waals surface area contributed by atoms with E-state index in [0.29, 0.717) is 12.5 Å². The number of hydrogen-bond donors (Lipinski definition) is 2. The molecule has 0 saturated carbocycles. The van der Waals surface area contributed by atoms with Crippen molar-refractivity contribution in [3.05, 3.63) is 0 Å². The molecule has 4 heteroatoms. The minimum atomic E-state index is -0.0577. The van der Waals surface area contributed by atoms with Crippen LogP contribution < -0.4 is 11.1 Å². The fraction of sp³-hybridized carbons (Fsp3) is 0.917. The monoisotopic (exact) mass is 229 g/mol. The van der Waals surface area contributed by atoms with E-state index in [9.17, 15) is 0 Å². The van der Waals surface area contributed by atoms with Crippen molar-refractivity contribution in [1.82, 2.24) is 5.32 Å². The third-order valence-corrected chi connectivity index (χ3v) is 2.18. The number of rotatable bonds is 3. The molecule has 0 aromatic rings. The molecule has 0 heterocycles. The highest BCUT2D eigenvalue weighted by Gasteiger charge is 2.24. The summed E-state index contributed by atoms with van der Waals surface area (Å²) < 4.78 is 5.40. The lowest BCUT2D eigenvalue weighted by atomic mass is 9.89. The molecular formula is C12H27N3O. The number of hydrogen-bond acceptors (Lipinski definition) is 2. The molecule has 0 aromatic carbocycles. The summed E-state index contributed by atoms with van der Waals surface area (Å²) in [6, 6.07) is 0. The normalized spacial score (nSPS) is 16.1. The molecule has 0 aliphatic rings. The smallest absolute Gasteiger partial charge is 0.189 e. The maximum atomic E-state index is 5.79. The molecule has 0 aliphatic heterocycles. The average molecular weight is 229 g/mol. The van der Waals surface area contributed by atoms with Gasteiger partial charge < -0.3 is 15.8 Å². The van der Waals surface area contributed by atoms with Crippen LogP contribution in [0.2, 0.25) is 0 Å². The zero-order valence-electron chi connectivity index (χ0n) is 11.7. The molecule has 3 N–H and O–H groups in total. The van der Waals surface area contributed by atoms with Crippen molar-refractivity contribution in [1.29, 1.82) is 0 Å². The predicted molar refractivity (Wildman–Crippen MR) is 69.6 cm³/mol. The summed E-state index contributed by atoms with van der Waals surface area (Å²) in [5.41, 5.74) is 5.80. The van der Waals surface area contributed by atoms with E-state index in [1.165, 1.54) is 0 Å².